The minimum absolute atomic E-state index is 0.736. The molecule has 0 unspecified atom stereocenters. The lowest BCUT2D eigenvalue weighted by molar-refractivity contribution is 0.0858. The van der Waals surface area contributed by atoms with Gasteiger partial charge < -0.3 is 0 Å². The fourth-order valence-electron chi connectivity index (χ4n) is 2.10. The van der Waals surface area contributed by atoms with Gasteiger partial charge in [-0.3, -0.25) is 4.90 Å². The maximum atomic E-state index is 2.76. The van der Waals surface area contributed by atoms with Crippen molar-refractivity contribution in [1.29, 1.82) is 0 Å². The number of rotatable bonds is 5. The predicted molar refractivity (Wildman–Crippen MR) is 63.5 cm³/mol. The smallest absolute Gasteiger partial charge is 0.0102 e. The maximum absolute atomic E-state index is 2.76. The van der Waals surface area contributed by atoms with Gasteiger partial charge in [-0.1, -0.05) is 27.7 Å². The summed E-state index contributed by atoms with van der Waals surface area (Å²) in [6.07, 6.45) is 2.85. The first kappa shape index (κ1) is 12.0. The Morgan fingerprint density at radius 2 is 1.14 bits per heavy atom. The third-order valence-electron chi connectivity index (χ3n) is 3.84. The van der Waals surface area contributed by atoms with E-state index in [9.17, 15) is 0 Å². The zero-order valence-electron chi connectivity index (χ0n) is 10.7. The fourth-order valence-corrected chi connectivity index (χ4v) is 2.10. The van der Waals surface area contributed by atoms with E-state index in [1.165, 1.54) is 12.8 Å². The first-order chi connectivity index (χ1) is 6.45. The molecule has 0 bridgehead atoms. The van der Waals surface area contributed by atoms with E-state index in [0.29, 0.717) is 0 Å². The first-order valence-electron chi connectivity index (χ1n) is 6.22. The Morgan fingerprint density at radius 1 is 0.786 bits per heavy atom. The highest BCUT2D eigenvalue weighted by molar-refractivity contribution is 4.91. The van der Waals surface area contributed by atoms with Crippen molar-refractivity contribution in [2.24, 2.45) is 11.8 Å². The second kappa shape index (κ2) is 4.65. The molecule has 0 saturated heterocycles. The molecule has 84 valence electrons. The van der Waals surface area contributed by atoms with Crippen LogP contribution in [0.2, 0.25) is 0 Å². The van der Waals surface area contributed by atoms with Gasteiger partial charge >= 0.3 is 0 Å². The average Bonchev–Trinajstić information content (AvgIpc) is 2.87. The SMILES string of the molecule is CC(C)[C@@H](C)N(C1CC1)[C@@H](C)C(C)C. The standard InChI is InChI=1S/C13H27N/c1-9(2)11(5)14(13-7-8-13)12(6)10(3)4/h9-13H,7-8H2,1-6H3/t11-,12+. The zero-order chi connectivity index (χ0) is 10.9. The molecule has 0 aliphatic heterocycles. The Morgan fingerprint density at radius 3 is 1.36 bits per heavy atom. The van der Waals surface area contributed by atoms with E-state index in [1.807, 2.05) is 0 Å². The Hall–Kier alpha value is -0.0400. The third kappa shape index (κ3) is 2.73. The van der Waals surface area contributed by atoms with E-state index < -0.39 is 0 Å². The molecule has 0 amide bonds. The maximum Gasteiger partial charge on any atom is 0.0102 e. The molecule has 14 heavy (non-hydrogen) atoms. The van der Waals surface area contributed by atoms with Gasteiger partial charge in [-0.2, -0.15) is 0 Å². The molecule has 1 aliphatic rings. The summed E-state index contributed by atoms with van der Waals surface area (Å²) in [5.41, 5.74) is 0. The molecular formula is C13H27N. The lowest BCUT2D eigenvalue weighted by Crippen LogP contribution is -2.46. The zero-order valence-corrected chi connectivity index (χ0v) is 10.7. The number of hydrogen-bond donors (Lipinski definition) is 0. The topological polar surface area (TPSA) is 3.24 Å². The molecule has 0 radical (unpaired) electrons. The van der Waals surface area contributed by atoms with Crippen molar-refractivity contribution in [3.63, 3.8) is 0 Å². The molecule has 1 nitrogen and oxygen atoms in total. The fraction of sp³-hybridized carbons (Fsp3) is 1.00. The van der Waals surface area contributed by atoms with Crippen LogP contribution in [0.25, 0.3) is 0 Å². The summed E-state index contributed by atoms with van der Waals surface area (Å²) < 4.78 is 0. The Kier molecular flexibility index (Phi) is 4.00. The van der Waals surface area contributed by atoms with Crippen LogP contribution in [0.4, 0.5) is 0 Å². The molecule has 1 fully saturated rings. The van der Waals surface area contributed by atoms with Crippen molar-refractivity contribution in [1.82, 2.24) is 4.90 Å². The number of hydrogen-bond acceptors (Lipinski definition) is 1. The molecule has 1 saturated carbocycles. The normalized spacial score (nSPS) is 22.1. The second-order valence-electron chi connectivity index (χ2n) is 5.65. The molecule has 0 spiro atoms. The highest BCUT2D eigenvalue weighted by Gasteiger charge is 2.36. The largest absolute Gasteiger partial charge is 0.295 e. The van der Waals surface area contributed by atoms with Crippen LogP contribution >= 0.6 is 0 Å². The highest BCUT2D eigenvalue weighted by Crippen LogP contribution is 2.34. The second-order valence-corrected chi connectivity index (χ2v) is 5.65. The van der Waals surface area contributed by atoms with Crippen molar-refractivity contribution in [2.45, 2.75) is 72.5 Å². The summed E-state index contributed by atoms with van der Waals surface area (Å²) in [7, 11) is 0. The molecule has 2 atom stereocenters. The van der Waals surface area contributed by atoms with Gasteiger partial charge in [0.1, 0.15) is 0 Å². The van der Waals surface area contributed by atoms with Crippen molar-refractivity contribution in [3.05, 3.63) is 0 Å². The summed E-state index contributed by atoms with van der Waals surface area (Å²) in [6.45, 7) is 14.1. The van der Waals surface area contributed by atoms with Crippen LogP contribution in [-0.2, 0) is 0 Å². The van der Waals surface area contributed by atoms with Crippen LogP contribution in [0.3, 0.4) is 0 Å². The summed E-state index contributed by atoms with van der Waals surface area (Å²) in [6, 6.07) is 2.37. The van der Waals surface area contributed by atoms with Gasteiger partial charge in [0.2, 0.25) is 0 Å². The van der Waals surface area contributed by atoms with E-state index in [4.69, 9.17) is 0 Å². The van der Waals surface area contributed by atoms with Crippen LogP contribution in [0, 0.1) is 11.8 Å². The van der Waals surface area contributed by atoms with Crippen LogP contribution in [-0.4, -0.2) is 23.0 Å². The van der Waals surface area contributed by atoms with Gasteiger partial charge in [0.25, 0.3) is 0 Å². The van der Waals surface area contributed by atoms with E-state index in [-0.39, 0.29) is 0 Å². The van der Waals surface area contributed by atoms with E-state index >= 15 is 0 Å². The molecule has 1 heteroatoms. The average molecular weight is 197 g/mol. The van der Waals surface area contributed by atoms with E-state index in [2.05, 4.69) is 46.4 Å². The first-order valence-corrected chi connectivity index (χ1v) is 6.22. The molecule has 0 aromatic rings. The summed E-state index contributed by atoms with van der Waals surface area (Å²) in [4.78, 5) is 2.76. The lowest BCUT2D eigenvalue weighted by Gasteiger charge is -2.39. The minimum atomic E-state index is 0.736. The van der Waals surface area contributed by atoms with Crippen LogP contribution in [0.5, 0.6) is 0 Å². The van der Waals surface area contributed by atoms with Gasteiger partial charge in [0.05, 0.1) is 0 Å². The summed E-state index contributed by atoms with van der Waals surface area (Å²) in [5, 5.41) is 0. The molecular weight excluding hydrogens is 170 g/mol. The van der Waals surface area contributed by atoms with Crippen LogP contribution < -0.4 is 0 Å². The number of nitrogens with zero attached hydrogens (tertiary/aromatic N) is 1. The minimum Gasteiger partial charge on any atom is -0.295 e. The van der Waals surface area contributed by atoms with E-state index in [0.717, 1.165) is 30.0 Å². The van der Waals surface area contributed by atoms with Crippen LogP contribution in [0.15, 0.2) is 0 Å². The van der Waals surface area contributed by atoms with Crippen molar-refractivity contribution in [2.75, 3.05) is 0 Å². The quantitative estimate of drug-likeness (QED) is 0.651. The summed E-state index contributed by atoms with van der Waals surface area (Å²) >= 11 is 0. The Labute approximate surface area is 89.9 Å². The van der Waals surface area contributed by atoms with Crippen molar-refractivity contribution >= 4 is 0 Å². The molecule has 0 heterocycles. The van der Waals surface area contributed by atoms with E-state index in [1.54, 1.807) is 0 Å². The summed E-state index contributed by atoms with van der Waals surface area (Å²) in [5.74, 6) is 1.55. The van der Waals surface area contributed by atoms with Crippen molar-refractivity contribution in [3.8, 4) is 0 Å². The van der Waals surface area contributed by atoms with Gasteiger partial charge in [-0.25, -0.2) is 0 Å². The molecule has 0 aromatic carbocycles. The monoisotopic (exact) mass is 197 g/mol. The lowest BCUT2D eigenvalue weighted by atomic mass is 9.97. The molecule has 0 aromatic heterocycles. The highest BCUT2D eigenvalue weighted by atomic mass is 15.2. The van der Waals surface area contributed by atoms with Gasteiger partial charge in [-0.05, 0) is 38.5 Å². The van der Waals surface area contributed by atoms with Crippen molar-refractivity contribution < 1.29 is 0 Å². The molecule has 0 N–H and O–H groups in total. The van der Waals surface area contributed by atoms with Gasteiger partial charge in [0, 0.05) is 18.1 Å². The Bertz CT molecular complexity index is 156. The third-order valence-corrected chi connectivity index (χ3v) is 3.84. The van der Waals surface area contributed by atoms with Gasteiger partial charge in [-0.15, -0.1) is 0 Å². The predicted octanol–water partition coefficient (Wildman–Crippen LogP) is 3.54. The van der Waals surface area contributed by atoms with Crippen LogP contribution in [0.1, 0.15) is 54.4 Å². The van der Waals surface area contributed by atoms with Gasteiger partial charge in [0.15, 0.2) is 0 Å². The Balaban J connectivity index is 2.63. The molecule has 1 aliphatic carbocycles. The molecule has 1 rings (SSSR count).